The van der Waals surface area contributed by atoms with E-state index in [0.29, 0.717) is 16.8 Å². The third kappa shape index (κ3) is 3.48. The van der Waals surface area contributed by atoms with Gasteiger partial charge in [0.15, 0.2) is 0 Å². The second-order valence-electron chi connectivity index (χ2n) is 6.73. The zero-order valence-electron chi connectivity index (χ0n) is 14.2. The standard InChI is InChI=1S/C20H20ClN3O2/c21-14-9-13-10-17(12-5-7-16(8-6-12)23-20(25)26)24-19(13)18(11-14)22-15-3-1-2-4-15/h5-11,15,22-24H,1-4H2,(H,25,26). The van der Waals surface area contributed by atoms with Crippen LogP contribution in [0.3, 0.4) is 0 Å². The Labute approximate surface area is 156 Å². The molecule has 1 aliphatic rings. The topological polar surface area (TPSA) is 77.2 Å². The highest BCUT2D eigenvalue weighted by Crippen LogP contribution is 2.34. The summed E-state index contributed by atoms with van der Waals surface area (Å²) < 4.78 is 0. The number of halogens is 1. The molecule has 26 heavy (non-hydrogen) atoms. The van der Waals surface area contributed by atoms with E-state index in [1.54, 1.807) is 12.1 Å². The monoisotopic (exact) mass is 369 g/mol. The lowest BCUT2D eigenvalue weighted by atomic mass is 10.1. The molecular weight excluding hydrogens is 350 g/mol. The molecule has 1 fully saturated rings. The molecule has 0 radical (unpaired) electrons. The molecular formula is C20H20ClN3O2. The molecule has 4 N–H and O–H groups in total. The molecule has 134 valence electrons. The molecule has 4 rings (SSSR count). The third-order valence-electron chi connectivity index (χ3n) is 4.86. The fourth-order valence-corrected chi connectivity index (χ4v) is 3.85. The minimum atomic E-state index is -1.07. The van der Waals surface area contributed by atoms with Crippen molar-refractivity contribution in [3.63, 3.8) is 0 Å². The first-order valence-corrected chi connectivity index (χ1v) is 9.15. The summed E-state index contributed by atoms with van der Waals surface area (Å²) in [6, 6.07) is 13.8. The minimum absolute atomic E-state index is 0.504. The zero-order valence-corrected chi connectivity index (χ0v) is 14.9. The number of H-pyrrole nitrogens is 1. The number of carboxylic acid groups (broad SMARTS) is 1. The SMILES string of the molecule is O=C(O)Nc1ccc(-c2cc3cc(Cl)cc(NC4CCCC4)c3[nH]2)cc1. The third-order valence-corrected chi connectivity index (χ3v) is 5.07. The van der Waals surface area contributed by atoms with Crippen LogP contribution in [0.15, 0.2) is 42.5 Å². The van der Waals surface area contributed by atoms with E-state index in [0.717, 1.165) is 27.8 Å². The number of aromatic nitrogens is 1. The van der Waals surface area contributed by atoms with E-state index in [1.165, 1.54) is 25.7 Å². The van der Waals surface area contributed by atoms with Crippen molar-refractivity contribution in [3.8, 4) is 11.3 Å². The molecule has 0 saturated heterocycles. The lowest BCUT2D eigenvalue weighted by Gasteiger charge is -2.14. The van der Waals surface area contributed by atoms with E-state index in [4.69, 9.17) is 16.7 Å². The van der Waals surface area contributed by atoms with Gasteiger partial charge in [0, 0.05) is 27.8 Å². The van der Waals surface area contributed by atoms with Crippen LogP contribution in [-0.4, -0.2) is 22.2 Å². The normalized spacial score (nSPS) is 14.7. The van der Waals surface area contributed by atoms with E-state index >= 15 is 0 Å². The van der Waals surface area contributed by atoms with Gasteiger partial charge in [-0.15, -0.1) is 0 Å². The van der Waals surface area contributed by atoms with Gasteiger partial charge in [-0.05, 0) is 48.7 Å². The highest BCUT2D eigenvalue weighted by atomic mass is 35.5. The molecule has 1 aliphatic carbocycles. The number of fused-ring (bicyclic) bond motifs is 1. The Morgan fingerprint density at radius 1 is 1.12 bits per heavy atom. The van der Waals surface area contributed by atoms with Crippen LogP contribution in [0.25, 0.3) is 22.2 Å². The van der Waals surface area contributed by atoms with Crippen LogP contribution in [0.1, 0.15) is 25.7 Å². The number of hydrogen-bond donors (Lipinski definition) is 4. The highest BCUT2D eigenvalue weighted by Gasteiger charge is 2.17. The molecule has 0 aliphatic heterocycles. The maximum atomic E-state index is 10.7. The van der Waals surface area contributed by atoms with Crippen molar-refractivity contribution in [3.05, 3.63) is 47.5 Å². The molecule has 0 atom stereocenters. The summed E-state index contributed by atoms with van der Waals surface area (Å²) in [6.45, 7) is 0. The first-order valence-electron chi connectivity index (χ1n) is 8.78. The number of hydrogen-bond acceptors (Lipinski definition) is 2. The lowest BCUT2D eigenvalue weighted by Crippen LogP contribution is -2.14. The van der Waals surface area contributed by atoms with Crippen LogP contribution in [0.2, 0.25) is 5.02 Å². The zero-order chi connectivity index (χ0) is 18.1. The number of rotatable bonds is 4. The Morgan fingerprint density at radius 2 is 1.85 bits per heavy atom. The van der Waals surface area contributed by atoms with Gasteiger partial charge in [0.2, 0.25) is 0 Å². The van der Waals surface area contributed by atoms with Gasteiger partial charge >= 0.3 is 6.09 Å². The summed E-state index contributed by atoms with van der Waals surface area (Å²) in [4.78, 5) is 14.2. The van der Waals surface area contributed by atoms with Crippen LogP contribution in [0, 0.1) is 0 Å². The van der Waals surface area contributed by atoms with E-state index in [1.807, 2.05) is 24.3 Å². The average molecular weight is 370 g/mol. The molecule has 3 aromatic rings. The summed E-state index contributed by atoms with van der Waals surface area (Å²) in [6.07, 6.45) is 3.86. The quantitative estimate of drug-likeness (QED) is 0.460. The fraction of sp³-hybridized carbons (Fsp3) is 0.250. The molecule has 6 heteroatoms. The van der Waals surface area contributed by atoms with Crippen molar-refractivity contribution in [2.45, 2.75) is 31.7 Å². The van der Waals surface area contributed by atoms with Crippen LogP contribution in [0.4, 0.5) is 16.2 Å². The molecule has 1 aromatic heterocycles. The van der Waals surface area contributed by atoms with E-state index in [-0.39, 0.29) is 0 Å². The number of aromatic amines is 1. The first-order chi connectivity index (χ1) is 12.6. The van der Waals surface area contributed by atoms with E-state index in [9.17, 15) is 4.79 Å². The van der Waals surface area contributed by atoms with Crippen LogP contribution in [-0.2, 0) is 0 Å². The first kappa shape index (κ1) is 16.8. The van der Waals surface area contributed by atoms with Crippen LogP contribution < -0.4 is 10.6 Å². The average Bonchev–Trinajstić information content (AvgIpc) is 3.24. The van der Waals surface area contributed by atoms with Gasteiger partial charge in [0.05, 0.1) is 11.2 Å². The Hall–Kier alpha value is -2.66. The maximum absolute atomic E-state index is 10.7. The van der Waals surface area contributed by atoms with Crippen molar-refractivity contribution >= 4 is 40.0 Å². The predicted octanol–water partition coefficient (Wildman–Crippen LogP) is 5.93. The molecule has 5 nitrogen and oxygen atoms in total. The van der Waals surface area contributed by atoms with Gasteiger partial charge in [-0.25, -0.2) is 4.79 Å². The predicted molar refractivity (Wildman–Crippen MR) is 106 cm³/mol. The van der Waals surface area contributed by atoms with Gasteiger partial charge in [-0.2, -0.15) is 0 Å². The van der Waals surface area contributed by atoms with Gasteiger partial charge in [-0.1, -0.05) is 36.6 Å². The minimum Gasteiger partial charge on any atom is -0.465 e. The van der Waals surface area contributed by atoms with Gasteiger partial charge in [0.1, 0.15) is 0 Å². The smallest absolute Gasteiger partial charge is 0.409 e. The van der Waals surface area contributed by atoms with E-state index < -0.39 is 6.09 Å². The second-order valence-corrected chi connectivity index (χ2v) is 7.17. The molecule has 0 spiro atoms. The summed E-state index contributed by atoms with van der Waals surface area (Å²) in [5.41, 5.74) is 4.58. The van der Waals surface area contributed by atoms with Crippen molar-refractivity contribution in [1.29, 1.82) is 0 Å². The largest absolute Gasteiger partial charge is 0.465 e. The number of amides is 1. The highest BCUT2D eigenvalue weighted by molar-refractivity contribution is 6.32. The van der Waals surface area contributed by atoms with Crippen molar-refractivity contribution in [2.75, 3.05) is 10.6 Å². The fourth-order valence-electron chi connectivity index (χ4n) is 3.62. The lowest BCUT2D eigenvalue weighted by molar-refractivity contribution is 0.210. The molecule has 1 amide bonds. The summed E-state index contributed by atoms with van der Waals surface area (Å²) in [5.74, 6) is 0. The Bertz CT molecular complexity index is 944. The Kier molecular flexibility index (Phi) is 4.47. The molecule has 1 saturated carbocycles. The van der Waals surface area contributed by atoms with Gasteiger partial charge in [-0.3, -0.25) is 5.32 Å². The maximum Gasteiger partial charge on any atom is 0.409 e. The van der Waals surface area contributed by atoms with E-state index in [2.05, 4.69) is 21.7 Å². The Morgan fingerprint density at radius 3 is 2.54 bits per heavy atom. The van der Waals surface area contributed by atoms with Crippen LogP contribution in [0.5, 0.6) is 0 Å². The molecule has 0 bridgehead atoms. The van der Waals surface area contributed by atoms with Gasteiger partial charge < -0.3 is 15.4 Å². The molecule has 0 unspecified atom stereocenters. The van der Waals surface area contributed by atoms with Crippen molar-refractivity contribution in [2.24, 2.45) is 0 Å². The number of carbonyl (C=O) groups is 1. The number of anilines is 2. The van der Waals surface area contributed by atoms with Gasteiger partial charge in [0.25, 0.3) is 0 Å². The molecule has 1 heterocycles. The second kappa shape index (κ2) is 6.92. The van der Waals surface area contributed by atoms with Crippen molar-refractivity contribution in [1.82, 2.24) is 4.98 Å². The molecule has 2 aromatic carbocycles. The number of benzene rings is 2. The van der Waals surface area contributed by atoms with Crippen molar-refractivity contribution < 1.29 is 9.90 Å². The Balaban J connectivity index is 1.67. The van der Waals surface area contributed by atoms with Crippen LogP contribution >= 0.6 is 11.6 Å². The summed E-state index contributed by atoms with van der Waals surface area (Å²) >= 11 is 6.32. The summed E-state index contributed by atoms with van der Waals surface area (Å²) in [5, 5.41) is 16.5. The summed E-state index contributed by atoms with van der Waals surface area (Å²) in [7, 11) is 0. The number of nitrogens with one attached hydrogen (secondary N) is 3.